The minimum atomic E-state index is -0.226. The summed E-state index contributed by atoms with van der Waals surface area (Å²) in [4.78, 5) is 12.6. The fourth-order valence-electron chi connectivity index (χ4n) is 2.50. The molecule has 3 aromatic rings. The molecule has 0 unspecified atom stereocenters. The maximum atomic E-state index is 12.6. The van der Waals surface area contributed by atoms with E-state index in [1.54, 1.807) is 4.68 Å². The van der Waals surface area contributed by atoms with E-state index in [4.69, 9.17) is 11.6 Å². The number of carbonyl (C=O) groups excluding carboxylic acids is 1. The third-order valence-electron chi connectivity index (χ3n) is 3.98. The van der Waals surface area contributed by atoms with E-state index in [9.17, 15) is 4.79 Å². The van der Waals surface area contributed by atoms with E-state index in [0.29, 0.717) is 23.1 Å². The van der Waals surface area contributed by atoms with E-state index in [0.717, 1.165) is 12.0 Å². The van der Waals surface area contributed by atoms with Gasteiger partial charge < -0.3 is 9.88 Å². The summed E-state index contributed by atoms with van der Waals surface area (Å²) < 4.78 is 3.55. The van der Waals surface area contributed by atoms with Crippen molar-refractivity contribution in [3.63, 3.8) is 0 Å². The molecule has 0 fully saturated rings. The van der Waals surface area contributed by atoms with Crippen LogP contribution in [0.3, 0.4) is 0 Å². The Morgan fingerprint density at radius 1 is 1.28 bits per heavy atom. The lowest BCUT2D eigenvalue weighted by Gasteiger charge is -2.12. The zero-order valence-corrected chi connectivity index (χ0v) is 14.9. The summed E-state index contributed by atoms with van der Waals surface area (Å²) >= 11 is 6.06. The first-order chi connectivity index (χ1) is 12.1. The molecule has 3 rings (SSSR count). The molecule has 0 aliphatic heterocycles. The van der Waals surface area contributed by atoms with Gasteiger partial charge in [0.15, 0.2) is 11.5 Å². The molecule has 0 aliphatic rings. The highest BCUT2D eigenvalue weighted by Crippen LogP contribution is 2.17. The van der Waals surface area contributed by atoms with Gasteiger partial charge in [-0.3, -0.25) is 4.79 Å². The van der Waals surface area contributed by atoms with E-state index in [1.165, 1.54) is 0 Å². The number of carbonyl (C=O) groups is 1. The molecule has 6 nitrogen and oxygen atoms in total. The number of nitrogens with one attached hydrogen (secondary N) is 1. The van der Waals surface area contributed by atoms with Crippen molar-refractivity contribution in [2.45, 2.75) is 32.9 Å². The molecule has 1 N–H and O–H groups in total. The molecule has 1 amide bonds. The van der Waals surface area contributed by atoms with Gasteiger partial charge in [0.1, 0.15) is 0 Å². The molecule has 7 heteroatoms. The molecule has 1 aromatic carbocycles. The zero-order chi connectivity index (χ0) is 17.8. The van der Waals surface area contributed by atoms with Gasteiger partial charge >= 0.3 is 0 Å². The number of halogens is 1. The van der Waals surface area contributed by atoms with Crippen LogP contribution in [0.5, 0.6) is 0 Å². The molecule has 0 saturated carbocycles. The molecular weight excluding hydrogens is 338 g/mol. The smallest absolute Gasteiger partial charge is 0.275 e. The van der Waals surface area contributed by atoms with Gasteiger partial charge in [0.2, 0.25) is 0 Å². The van der Waals surface area contributed by atoms with E-state index >= 15 is 0 Å². The second kappa shape index (κ2) is 7.53. The van der Waals surface area contributed by atoms with Crippen molar-refractivity contribution >= 4 is 17.5 Å². The van der Waals surface area contributed by atoms with Crippen LogP contribution >= 0.6 is 11.6 Å². The molecule has 0 spiro atoms. The van der Waals surface area contributed by atoms with E-state index in [-0.39, 0.29) is 11.9 Å². The number of benzene rings is 1. The van der Waals surface area contributed by atoms with Crippen molar-refractivity contribution in [3.05, 3.63) is 65.1 Å². The van der Waals surface area contributed by atoms with Gasteiger partial charge in [0.25, 0.3) is 5.91 Å². The Bertz CT molecular complexity index is 856. The number of aromatic nitrogens is 4. The predicted molar refractivity (Wildman–Crippen MR) is 97.1 cm³/mol. The minimum Gasteiger partial charge on any atom is -0.348 e. The average Bonchev–Trinajstić information content (AvgIpc) is 3.23. The van der Waals surface area contributed by atoms with Crippen LogP contribution in [0.2, 0.25) is 5.02 Å². The number of nitrogens with zero attached hydrogens (tertiary/aromatic N) is 4. The summed E-state index contributed by atoms with van der Waals surface area (Å²) in [5, 5.41) is 11.9. The molecule has 25 heavy (non-hydrogen) atoms. The Morgan fingerprint density at radius 2 is 2.04 bits per heavy atom. The second-order valence-electron chi connectivity index (χ2n) is 5.92. The van der Waals surface area contributed by atoms with Gasteiger partial charge in [-0.1, -0.05) is 35.9 Å². The van der Waals surface area contributed by atoms with Crippen LogP contribution < -0.4 is 5.32 Å². The Balaban J connectivity index is 1.97. The zero-order valence-electron chi connectivity index (χ0n) is 14.2. The standard InChI is InChI=1S/C18H20ClN5O/c1-3-13(2)20-17(25)16-18(23-9-4-5-10-23)24(22-21-16)12-14-7-6-8-15(19)11-14/h4-11,13H,3,12H2,1-2H3,(H,20,25)/t13-/m0/s1. The second-order valence-corrected chi connectivity index (χ2v) is 6.36. The summed E-state index contributed by atoms with van der Waals surface area (Å²) in [5.74, 6) is 0.404. The third-order valence-corrected chi connectivity index (χ3v) is 4.22. The summed E-state index contributed by atoms with van der Waals surface area (Å²) in [7, 11) is 0. The SMILES string of the molecule is CC[C@H](C)NC(=O)c1nnn(Cc2cccc(Cl)c2)c1-n1cccc1. The Labute approximate surface area is 151 Å². The summed E-state index contributed by atoms with van der Waals surface area (Å²) in [6.07, 6.45) is 4.58. The maximum absolute atomic E-state index is 12.6. The van der Waals surface area contributed by atoms with Crippen molar-refractivity contribution < 1.29 is 4.79 Å². The number of amides is 1. The van der Waals surface area contributed by atoms with Crippen LogP contribution in [0.25, 0.3) is 5.82 Å². The minimum absolute atomic E-state index is 0.0723. The summed E-state index contributed by atoms with van der Waals surface area (Å²) in [6.45, 7) is 4.45. The van der Waals surface area contributed by atoms with Crippen LogP contribution in [0.4, 0.5) is 0 Å². The third kappa shape index (κ3) is 3.91. The van der Waals surface area contributed by atoms with Crippen LogP contribution in [0, 0.1) is 0 Å². The van der Waals surface area contributed by atoms with Crippen LogP contribution in [-0.2, 0) is 6.54 Å². The molecule has 1 atom stereocenters. The van der Waals surface area contributed by atoms with E-state index in [2.05, 4.69) is 15.6 Å². The van der Waals surface area contributed by atoms with E-state index < -0.39 is 0 Å². The molecule has 2 heterocycles. The van der Waals surface area contributed by atoms with Crippen molar-refractivity contribution in [2.75, 3.05) is 0 Å². The first kappa shape index (κ1) is 17.2. The van der Waals surface area contributed by atoms with Crippen LogP contribution in [0.15, 0.2) is 48.8 Å². The lowest BCUT2D eigenvalue weighted by molar-refractivity contribution is 0.0934. The molecule has 2 aromatic heterocycles. The number of rotatable bonds is 6. The first-order valence-electron chi connectivity index (χ1n) is 8.20. The predicted octanol–water partition coefficient (Wildman–Crippen LogP) is 3.30. The van der Waals surface area contributed by atoms with Gasteiger partial charge in [0, 0.05) is 23.5 Å². The molecule has 0 saturated heterocycles. The largest absolute Gasteiger partial charge is 0.348 e. The van der Waals surface area contributed by atoms with Crippen molar-refractivity contribution in [2.24, 2.45) is 0 Å². The molecule has 130 valence electrons. The topological polar surface area (TPSA) is 64.7 Å². The molecule has 0 radical (unpaired) electrons. The van der Waals surface area contributed by atoms with Crippen molar-refractivity contribution in [3.8, 4) is 5.82 Å². The van der Waals surface area contributed by atoms with E-state index in [1.807, 2.05) is 67.2 Å². The van der Waals surface area contributed by atoms with Gasteiger partial charge in [0.05, 0.1) is 6.54 Å². The quantitative estimate of drug-likeness (QED) is 0.736. The van der Waals surface area contributed by atoms with Crippen LogP contribution in [0.1, 0.15) is 36.3 Å². The fraction of sp³-hybridized carbons (Fsp3) is 0.278. The highest BCUT2D eigenvalue weighted by Gasteiger charge is 2.22. The highest BCUT2D eigenvalue weighted by atomic mass is 35.5. The Kier molecular flexibility index (Phi) is 5.19. The lowest BCUT2D eigenvalue weighted by atomic mass is 10.2. The Morgan fingerprint density at radius 3 is 2.72 bits per heavy atom. The highest BCUT2D eigenvalue weighted by molar-refractivity contribution is 6.30. The fourth-order valence-corrected chi connectivity index (χ4v) is 2.71. The molecule has 0 aliphatic carbocycles. The van der Waals surface area contributed by atoms with Crippen molar-refractivity contribution in [1.29, 1.82) is 0 Å². The monoisotopic (exact) mass is 357 g/mol. The van der Waals surface area contributed by atoms with Gasteiger partial charge in [-0.05, 0) is 43.2 Å². The normalized spacial score (nSPS) is 12.1. The molecular formula is C18H20ClN5O. The van der Waals surface area contributed by atoms with Crippen molar-refractivity contribution in [1.82, 2.24) is 24.9 Å². The van der Waals surface area contributed by atoms with Gasteiger partial charge in [-0.25, -0.2) is 4.68 Å². The Hall–Kier alpha value is -2.60. The summed E-state index contributed by atoms with van der Waals surface area (Å²) in [6, 6.07) is 11.4. The first-order valence-corrected chi connectivity index (χ1v) is 8.58. The van der Waals surface area contributed by atoms with Gasteiger partial charge in [-0.15, -0.1) is 5.10 Å². The number of hydrogen-bond acceptors (Lipinski definition) is 3. The van der Waals surface area contributed by atoms with Gasteiger partial charge in [-0.2, -0.15) is 0 Å². The van der Waals surface area contributed by atoms with Crippen LogP contribution in [-0.4, -0.2) is 31.5 Å². The summed E-state index contributed by atoms with van der Waals surface area (Å²) in [5.41, 5.74) is 1.29. The molecule has 0 bridgehead atoms. The number of hydrogen-bond donors (Lipinski definition) is 1. The average molecular weight is 358 g/mol. The maximum Gasteiger partial charge on any atom is 0.275 e. The lowest BCUT2D eigenvalue weighted by Crippen LogP contribution is -2.33.